The van der Waals surface area contributed by atoms with Crippen LogP contribution in [0.5, 0.6) is 5.75 Å². The molecule has 30 nitrogen and oxygen atoms in total. The highest BCUT2D eigenvalue weighted by Crippen LogP contribution is 2.50. The third-order valence-electron chi connectivity index (χ3n) is 20.5. The highest BCUT2D eigenvalue weighted by molar-refractivity contribution is 7.86. The van der Waals surface area contributed by atoms with Gasteiger partial charge in [0.25, 0.3) is 52.3 Å². The lowest BCUT2D eigenvalue weighted by molar-refractivity contribution is -0.438. The molecule has 6 aliphatic rings. The van der Waals surface area contributed by atoms with Crippen LogP contribution in [0.25, 0.3) is 0 Å². The molecule has 1 aliphatic carbocycles. The number of nitrogens with one attached hydrogen (secondary N) is 3. The van der Waals surface area contributed by atoms with Gasteiger partial charge < -0.3 is 50.0 Å². The maximum absolute atomic E-state index is 14.0. The summed E-state index contributed by atoms with van der Waals surface area (Å²) in [6, 6.07) is 17.8. The first-order valence-corrected chi connectivity index (χ1v) is 42.1. The number of carboxylic acid groups (broad SMARTS) is 1. The molecule has 36 heteroatoms. The second kappa shape index (κ2) is 34.4. The zero-order chi connectivity index (χ0) is 80.8. The van der Waals surface area contributed by atoms with E-state index in [1.54, 1.807) is 60.7 Å². The van der Waals surface area contributed by atoms with E-state index in [-0.39, 0.29) is 126 Å². The fraction of sp³-hybridized carbons (Fsp3) is 0.467. The summed E-state index contributed by atoms with van der Waals surface area (Å²) in [5.41, 5.74) is 5.48. The largest absolute Gasteiger partial charge is 0.480 e. The van der Waals surface area contributed by atoms with E-state index < -0.39 is 135 Å². The van der Waals surface area contributed by atoms with Gasteiger partial charge >= 0.3 is 5.97 Å². The first kappa shape index (κ1) is 84.3. The molecule has 0 unspecified atom stereocenters. The zero-order valence-corrected chi connectivity index (χ0v) is 64.7. The summed E-state index contributed by atoms with van der Waals surface area (Å²) in [6.07, 6.45) is 8.23. The number of ether oxygens (including phenoxy) is 3. The topological polar surface area (TPSA) is 440 Å². The van der Waals surface area contributed by atoms with Crippen molar-refractivity contribution < 1.29 is 113 Å². The molecule has 0 saturated carbocycles. The van der Waals surface area contributed by atoms with Gasteiger partial charge in [-0.05, 0) is 159 Å². The van der Waals surface area contributed by atoms with Crippen molar-refractivity contribution in [3.63, 3.8) is 0 Å². The minimum Gasteiger partial charge on any atom is -0.480 e. The molecule has 8 N–H and O–H groups in total. The van der Waals surface area contributed by atoms with E-state index in [0.29, 0.717) is 92.5 Å². The molecule has 0 radical (unpaired) electrons. The molecule has 4 atom stereocenters. The molecule has 0 aromatic heterocycles. The predicted molar refractivity (Wildman–Crippen MR) is 398 cm³/mol. The Labute approximate surface area is 642 Å². The van der Waals surface area contributed by atoms with Crippen LogP contribution in [0.15, 0.2) is 136 Å². The number of allylic oxidation sites excluding steroid dienone is 7. The second-order valence-corrected chi connectivity index (χ2v) is 35.2. The van der Waals surface area contributed by atoms with Gasteiger partial charge in [0.2, 0.25) is 29.3 Å². The van der Waals surface area contributed by atoms with Crippen LogP contribution in [0.4, 0.5) is 20.2 Å². The number of amides is 5. The van der Waals surface area contributed by atoms with E-state index >= 15 is 0 Å². The van der Waals surface area contributed by atoms with Crippen molar-refractivity contribution in [1.82, 2.24) is 25.8 Å². The third-order valence-corrected chi connectivity index (χ3v) is 23.8. The number of hydrogen-bond acceptors (Lipinski definition) is 19. The molecule has 2 fully saturated rings. The summed E-state index contributed by atoms with van der Waals surface area (Å²) < 4.78 is 184. The number of alkyl halides is 2. The molecule has 111 heavy (non-hydrogen) atoms. The van der Waals surface area contributed by atoms with Crippen LogP contribution in [-0.2, 0) is 104 Å². The molecule has 2 saturated heterocycles. The summed E-state index contributed by atoms with van der Waals surface area (Å²) in [5.74, 6) is -8.45. The van der Waals surface area contributed by atoms with Crippen LogP contribution >= 0.6 is 0 Å². The minimum absolute atomic E-state index is 0.0603. The van der Waals surface area contributed by atoms with Gasteiger partial charge in [-0.15, -0.1) is 0 Å². The quantitative estimate of drug-likeness (QED) is 0.0132. The molecular weight excluding hydrogens is 1530 g/mol. The molecule has 4 aromatic carbocycles. The van der Waals surface area contributed by atoms with Crippen molar-refractivity contribution in [1.29, 1.82) is 5.26 Å². The number of anilines is 1. The summed E-state index contributed by atoms with van der Waals surface area (Å²) in [6.45, 7) is 7.66. The number of benzene rings is 4. The van der Waals surface area contributed by atoms with Gasteiger partial charge in [0.05, 0.1) is 65.8 Å². The van der Waals surface area contributed by atoms with Crippen LogP contribution in [0, 0.1) is 17.2 Å². The maximum Gasteiger partial charge on any atom is 0.326 e. The van der Waals surface area contributed by atoms with E-state index in [4.69, 9.17) is 14.2 Å². The monoisotopic (exact) mass is 1620 g/mol. The fourth-order valence-electron chi connectivity index (χ4n) is 14.8. The first-order valence-electron chi connectivity index (χ1n) is 36.0. The van der Waals surface area contributed by atoms with Crippen LogP contribution in [0.2, 0.25) is 0 Å². The van der Waals surface area contributed by atoms with Gasteiger partial charge in [0.1, 0.15) is 36.2 Å². The van der Waals surface area contributed by atoms with Gasteiger partial charge in [-0.3, -0.25) is 42.2 Å². The van der Waals surface area contributed by atoms with Gasteiger partial charge in [-0.2, -0.15) is 43.5 Å². The number of nitriles is 1. The molecule has 5 aliphatic heterocycles. The maximum atomic E-state index is 14.0. The van der Waals surface area contributed by atoms with E-state index in [1.165, 1.54) is 29.2 Å². The lowest BCUT2D eigenvalue weighted by Gasteiger charge is -2.27. The Balaban J connectivity index is 0.756. The Kier molecular flexibility index (Phi) is 26.2. The van der Waals surface area contributed by atoms with Crippen molar-refractivity contribution in [2.45, 2.75) is 163 Å². The number of likely N-dealkylation sites (tertiary alicyclic amines) is 1. The van der Waals surface area contributed by atoms with Gasteiger partial charge in [-0.1, -0.05) is 38.1 Å². The molecule has 10 rings (SSSR count). The molecule has 4 aromatic rings. The average molecular weight is 1620 g/mol. The number of unbranched alkanes of at least 4 members (excludes halogenated alkanes) is 2. The number of rotatable bonds is 34. The Bertz CT molecular complexity index is 5020. The van der Waals surface area contributed by atoms with E-state index in [1.807, 2.05) is 61.5 Å². The molecule has 0 spiro atoms. The number of carboxylic acids is 1. The normalized spacial score (nSPS) is 20.4. The molecular formula is C75H89F2N8O22S4+. The van der Waals surface area contributed by atoms with E-state index in [2.05, 4.69) is 16.0 Å². The lowest BCUT2D eigenvalue weighted by atomic mass is 9.81. The number of nitrogens with zero attached hydrogens (tertiary/aromatic N) is 5. The van der Waals surface area contributed by atoms with Crippen LogP contribution in [0.1, 0.15) is 136 Å². The van der Waals surface area contributed by atoms with Gasteiger partial charge in [-0.25, -0.2) is 13.6 Å². The smallest absolute Gasteiger partial charge is 0.326 e. The Hall–Kier alpha value is -9.16. The number of carbonyl (C=O) groups is 6. The average Bonchev–Trinajstić information content (AvgIpc) is 1.59. The van der Waals surface area contributed by atoms with Gasteiger partial charge in [0.15, 0.2) is 5.71 Å². The standard InChI is InChI=1S/C75H88F2N8O22S4/c1-73(2)58-40-56(110(99,100)101)20-22-62(58)83(28-5-7-34-108(93,94)95)64(73)24-16-48-10-9-11-49(17-25-65-74(3,4)59-41-57(111(102,103)104)21-23-63(59)84(65)29-6-8-35-109(96,97)98)68(48)107-55-18-12-47(13-19-55)36-61(72(91)92)80-66(86)26-30-105-32-33-106-31-27-79-69(88)50-14-15-51-44-82(45-53(51)37-50)67(87)39-52-38-60(81-70(52)89)71(90)85-46-75(76,77)42-54(85)43-78/h12-25,37,40-41,52,54,60-61H,5-11,26-36,38-39,42,44-46H2,1-4H3,(H7-,79,80,81,86,88,89,91,92,93,94,95,96,97,98,99,100,101,102,103,104)/p+1/t52-,54-,60-,61-/m0/s1. The fourth-order valence-corrected chi connectivity index (χ4v) is 16.9. The predicted octanol–water partition coefficient (Wildman–Crippen LogP) is 7.04. The second-order valence-electron chi connectivity index (χ2n) is 29.3. The summed E-state index contributed by atoms with van der Waals surface area (Å²) >= 11 is 0. The van der Waals surface area contributed by atoms with Crippen molar-refractivity contribution in [2.24, 2.45) is 5.92 Å². The molecule has 0 bridgehead atoms. The highest BCUT2D eigenvalue weighted by Gasteiger charge is 2.51. The van der Waals surface area contributed by atoms with E-state index in [9.17, 15) is 99.8 Å². The van der Waals surface area contributed by atoms with Crippen molar-refractivity contribution in [2.75, 3.05) is 69.0 Å². The molecule has 598 valence electrons. The number of carbonyl (C=O) groups excluding carboxylic acids is 5. The van der Waals surface area contributed by atoms with Gasteiger partial charge in [0, 0.05) is 104 Å². The van der Waals surface area contributed by atoms with Crippen molar-refractivity contribution in [3.8, 4) is 11.8 Å². The lowest BCUT2D eigenvalue weighted by Crippen LogP contribution is -2.46. The summed E-state index contributed by atoms with van der Waals surface area (Å²) in [7, 11) is -17.9. The van der Waals surface area contributed by atoms with Crippen molar-refractivity contribution >= 4 is 93.1 Å². The third kappa shape index (κ3) is 21.1. The summed E-state index contributed by atoms with van der Waals surface area (Å²) in [4.78, 5) is 81.7. The Morgan fingerprint density at radius 1 is 0.766 bits per heavy atom. The number of fused-ring (bicyclic) bond motifs is 3. The zero-order valence-electron chi connectivity index (χ0n) is 61.4. The van der Waals surface area contributed by atoms with E-state index in [0.717, 1.165) is 10.5 Å². The number of hydrogen-bond donors (Lipinski definition) is 8. The molecule has 5 heterocycles. The minimum atomic E-state index is -4.64. The number of halogens is 2. The highest BCUT2D eigenvalue weighted by atomic mass is 32.2. The SMILES string of the molecule is CC1(C)C(/C=C/C2=C(Oc3ccc(C[C@H](NC(=O)CCOCCOCCNC(=O)c4ccc5c(c4)CN(C(=O)C[C@@H]4C[C@@H](C(=O)N6CC(F)(F)C[C@H]6C#N)NC4=O)C5)C(=O)O)cc3)C(=C/C=C3/N(CCCCS(=O)(=O)O)c4ccc(S(=O)(=O)O)cc4C3(C)C)/CCC2)=[N+](CCCCS(=O)(=O)O)c2ccc(S(=O)(=O)O)cc21. The Morgan fingerprint density at radius 3 is 2.09 bits per heavy atom. The Morgan fingerprint density at radius 2 is 1.42 bits per heavy atom. The van der Waals surface area contributed by atoms with Crippen LogP contribution in [-0.4, -0.2) is 201 Å². The summed E-state index contributed by atoms with van der Waals surface area (Å²) in [5, 5.41) is 27.4. The van der Waals surface area contributed by atoms with Crippen LogP contribution in [0.3, 0.4) is 0 Å². The molecule has 5 amide bonds. The van der Waals surface area contributed by atoms with Crippen molar-refractivity contribution in [3.05, 3.63) is 159 Å². The number of aliphatic carboxylic acids is 1. The first-order chi connectivity index (χ1) is 52.1. The van der Waals surface area contributed by atoms with Crippen LogP contribution < -0.4 is 25.6 Å².